The van der Waals surface area contributed by atoms with Gasteiger partial charge in [0.05, 0.1) is 0 Å². The second-order valence-corrected chi connectivity index (χ2v) is 17.5. The molecule has 1 heterocycles. The molecule has 0 aliphatic heterocycles. The van der Waals surface area contributed by atoms with Crippen LogP contribution in [0, 0.1) is 0 Å². The van der Waals surface area contributed by atoms with Gasteiger partial charge >= 0.3 is 0 Å². The smallest absolute Gasteiger partial charge is 0.143 e. The molecule has 1 aliphatic rings. The third-order valence-corrected chi connectivity index (χ3v) is 13.8. The van der Waals surface area contributed by atoms with E-state index in [1.807, 2.05) is 6.07 Å². The normalized spacial score (nSPS) is 13.1. The maximum atomic E-state index is 6.44. The van der Waals surface area contributed by atoms with Crippen LogP contribution in [0.3, 0.4) is 0 Å². The van der Waals surface area contributed by atoms with Crippen molar-refractivity contribution in [3.63, 3.8) is 0 Å². The van der Waals surface area contributed by atoms with Gasteiger partial charge in [0.15, 0.2) is 0 Å². The standard InChI is InChI=1S/C61H40O/c1-61(2)58-41(27-14-30-53(58)57-46-21-5-3-18-43(46)44-19-4-10-26-51(44)59(57)61)39-16-13-17-40(36-39)56-49-24-8-6-22-47(49)55(48-23-7-9-25-50(48)56)38-34-32-37(33-35-38)42-28-15-29-52-45-20-11-12-31-54(45)62-60(42)52/h3-36H,1-2H3. The predicted molar refractivity (Wildman–Crippen MR) is 263 cm³/mol. The molecular formula is C61H40O. The summed E-state index contributed by atoms with van der Waals surface area (Å²) >= 11 is 0. The monoisotopic (exact) mass is 788 g/mol. The lowest BCUT2D eigenvalue weighted by Gasteiger charge is -2.26. The van der Waals surface area contributed by atoms with Gasteiger partial charge < -0.3 is 4.42 Å². The minimum Gasteiger partial charge on any atom is -0.455 e. The lowest BCUT2D eigenvalue weighted by Crippen LogP contribution is -2.17. The highest BCUT2D eigenvalue weighted by Crippen LogP contribution is 2.57. The summed E-state index contributed by atoms with van der Waals surface area (Å²) in [6, 6.07) is 76.0. The van der Waals surface area contributed by atoms with Gasteiger partial charge in [-0.2, -0.15) is 0 Å². The van der Waals surface area contributed by atoms with E-state index in [9.17, 15) is 0 Å². The van der Waals surface area contributed by atoms with E-state index in [1.54, 1.807) is 0 Å². The number of hydrogen-bond acceptors (Lipinski definition) is 1. The van der Waals surface area contributed by atoms with E-state index in [4.69, 9.17) is 4.42 Å². The number of para-hydroxylation sites is 2. The van der Waals surface area contributed by atoms with Crippen LogP contribution in [0.5, 0.6) is 0 Å². The Morgan fingerprint density at radius 2 is 0.742 bits per heavy atom. The lowest BCUT2D eigenvalue weighted by atomic mass is 9.76. The quantitative estimate of drug-likeness (QED) is 0.128. The van der Waals surface area contributed by atoms with Gasteiger partial charge in [-0.15, -0.1) is 0 Å². The number of rotatable bonds is 4. The van der Waals surface area contributed by atoms with Gasteiger partial charge in [0.2, 0.25) is 0 Å². The SMILES string of the molecule is CC1(C)c2c(-c3cccc(-c4c5ccccc5c(-c5ccc(-c6cccc7c6oc6ccccc67)cc5)c5ccccc45)c3)cccc2-c2c1c1ccccc1c1ccccc21. The number of fused-ring (bicyclic) bond motifs is 13. The van der Waals surface area contributed by atoms with Crippen LogP contribution in [-0.4, -0.2) is 0 Å². The second kappa shape index (κ2) is 13.1. The zero-order valence-electron chi connectivity index (χ0n) is 34.5. The average Bonchev–Trinajstić information content (AvgIpc) is 3.83. The molecule has 62 heavy (non-hydrogen) atoms. The zero-order chi connectivity index (χ0) is 41.1. The van der Waals surface area contributed by atoms with Crippen molar-refractivity contribution in [3.8, 4) is 55.6 Å². The third-order valence-electron chi connectivity index (χ3n) is 13.8. The van der Waals surface area contributed by atoms with Crippen molar-refractivity contribution in [1.82, 2.24) is 0 Å². The highest BCUT2D eigenvalue weighted by molar-refractivity contribution is 6.22. The van der Waals surface area contributed by atoms with E-state index < -0.39 is 0 Å². The molecule has 0 spiro atoms. The van der Waals surface area contributed by atoms with Crippen molar-refractivity contribution in [3.05, 3.63) is 217 Å². The minimum atomic E-state index is -0.212. The van der Waals surface area contributed by atoms with E-state index in [2.05, 4.69) is 214 Å². The molecule has 290 valence electrons. The summed E-state index contributed by atoms with van der Waals surface area (Å²) in [6.07, 6.45) is 0. The first-order valence-corrected chi connectivity index (χ1v) is 21.7. The topological polar surface area (TPSA) is 13.1 Å². The van der Waals surface area contributed by atoms with Crippen LogP contribution in [0.4, 0.5) is 0 Å². The van der Waals surface area contributed by atoms with Crippen LogP contribution in [0.25, 0.3) is 121 Å². The Morgan fingerprint density at radius 3 is 1.42 bits per heavy atom. The molecule has 0 radical (unpaired) electrons. The largest absolute Gasteiger partial charge is 0.455 e. The van der Waals surface area contributed by atoms with E-state index in [0.717, 1.165) is 33.1 Å². The van der Waals surface area contributed by atoms with E-state index >= 15 is 0 Å². The van der Waals surface area contributed by atoms with Gasteiger partial charge in [-0.25, -0.2) is 0 Å². The molecule has 13 rings (SSSR count). The van der Waals surface area contributed by atoms with E-state index in [0.29, 0.717) is 0 Å². The molecule has 0 N–H and O–H groups in total. The molecule has 1 aliphatic carbocycles. The van der Waals surface area contributed by atoms with Crippen LogP contribution in [-0.2, 0) is 5.41 Å². The molecule has 0 saturated heterocycles. The van der Waals surface area contributed by atoms with Crippen LogP contribution < -0.4 is 0 Å². The summed E-state index contributed by atoms with van der Waals surface area (Å²) in [4.78, 5) is 0. The first kappa shape index (κ1) is 35.1. The Hall–Kier alpha value is -7.74. The molecule has 0 amide bonds. The van der Waals surface area contributed by atoms with Crippen molar-refractivity contribution in [2.75, 3.05) is 0 Å². The summed E-state index contributed by atoms with van der Waals surface area (Å²) in [5, 5.41) is 12.6. The first-order chi connectivity index (χ1) is 30.5. The molecule has 0 bridgehead atoms. The summed E-state index contributed by atoms with van der Waals surface area (Å²) in [6.45, 7) is 4.86. The van der Waals surface area contributed by atoms with Gasteiger partial charge in [0, 0.05) is 21.8 Å². The van der Waals surface area contributed by atoms with Gasteiger partial charge in [-0.1, -0.05) is 208 Å². The fourth-order valence-corrected chi connectivity index (χ4v) is 11.3. The van der Waals surface area contributed by atoms with Crippen LogP contribution >= 0.6 is 0 Å². The molecule has 1 heteroatoms. The van der Waals surface area contributed by atoms with Crippen molar-refractivity contribution >= 4 is 65.0 Å². The van der Waals surface area contributed by atoms with Crippen LogP contribution in [0.2, 0.25) is 0 Å². The van der Waals surface area contributed by atoms with Crippen molar-refractivity contribution < 1.29 is 4.42 Å². The van der Waals surface area contributed by atoms with E-state index in [-0.39, 0.29) is 5.41 Å². The van der Waals surface area contributed by atoms with Gasteiger partial charge in [-0.3, -0.25) is 0 Å². The molecule has 0 fully saturated rings. The highest BCUT2D eigenvalue weighted by atomic mass is 16.3. The van der Waals surface area contributed by atoms with Crippen molar-refractivity contribution in [2.45, 2.75) is 19.3 Å². The van der Waals surface area contributed by atoms with E-state index in [1.165, 1.54) is 98.7 Å². The molecule has 1 aromatic heterocycles. The lowest BCUT2D eigenvalue weighted by molar-refractivity contribution is 0.668. The number of furan rings is 1. The minimum absolute atomic E-state index is 0.212. The van der Waals surface area contributed by atoms with Crippen molar-refractivity contribution in [2.24, 2.45) is 0 Å². The third kappa shape index (κ3) is 4.91. The molecule has 1 nitrogen and oxygen atoms in total. The average molecular weight is 789 g/mol. The Bertz CT molecular complexity index is 3770. The summed E-state index contributed by atoms with van der Waals surface area (Å²) < 4.78 is 6.44. The fourth-order valence-electron chi connectivity index (χ4n) is 11.3. The molecule has 11 aromatic carbocycles. The van der Waals surface area contributed by atoms with Gasteiger partial charge in [0.1, 0.15) is 11.2 Å². The summed E-state index contributed by atoms with van der Waals surface area (Å²) in [5.41, 5.74) is 16.9. The zero-order valence-corrected chi connectivity index (χ0v) is 34.5. The highest BCUT2D eigenvalue weighted by Gasteiger charge is 2.40. The molecular weight excluding hydrogens is 749 g/mol. The Labute approximate surface area is 360 Å². The molecule has 0 saturated carbocycles. The Morgan fingerprint density at radius 1 is 0.290 bits per heavy atom. The molecule has 12 aromatic rings. The maximum absolute atomic E-state index is 6.44. The van der Waals surface area contributed by atoms with Crippen LogP contribution in [0.1, 0.15) is 25.0 Å². The summed E-state index contributed by atoms with van der Waals surface area (Å²) in [7, 11) is 0. The van der Waals surface area contributed by atoms with Crippen LogP contribution in [0.15, 0.2) is 211 Å². The maximum Gasteiger partial charge on any atom is 0.143 e. The molecule has 0 unspecified atom stereocenters. The van der Waals surface area contributed by atoms with Gasteiger partial charge in [-0.05, 0) is 116 Å². The van der Waals surface area contributed by atoms with Gasteiger partial charge in [0.25, 0.3) is 0 Å². The first-order valence-electron chi connectivity index (χ1n) is 21.7. The Balaban J connectivity index is 0.971. The van der Waals surface area contributed by atoms with Crippen molar-refractivity contribution in [1.29, 1.82) is 0 Å². The molecule has 0 atom stereocenters. The fraction of sp³-hybridized carbons (Fsp3) is 0.0492. The second-order valence-electron chi connectivity index (χ2n) is 17.5. The number of hydrogen-bond donors (Lipinski definition) is 0. The Kier molecular flexibility index (Phi) is 7.42. The summed E-state index contributed by atoms with van der Waals surface area (Å²) in [5.74, 6) is 0. The predicted octanol–water partition coefficient (Wildman–Crippen LogP) is 17.2. The number of benzene rings is 11.